The number of hydrogen-bond donors (Lipinski definition) is 2. The standard InChI is InChI=1S/C10H14N2O2/c1-6(2)10(3,4)7-5-11-9(14)12-8(7)13/h5H,1H2,2-4H3,(H2,11,12,13,14). The third-order valence-electron chi connectivity index (χ3n) is 2.56. The fourth-order valence-corrected chi connectivity index (χ4v) is 1.10. The number of hydrogen-bond acceptors (Lipinski definition) is 2. The molecule has 0 unspecified atom stereocenters. The molecule has 0 bridgehead atoms. The number of aromatic amines is 2. The van der Waals surface area contributed by atoms with Gasteiger partial charge in [-0.2, -0.15) is 0 Å². The molecule has 0 aromatic carbocycles. The van der Waals surface area contributed by atoms with Crippen molar-refractivity contribution in [2.75, 3.05) is 0 Å². The maximum atomic E-state index is 11.5. The summed E-state index contributed by atoms with van der Waals surface area (Å²) in [5.41, 5.74) is 0.107. The lowest BCUT2D eigenvalue weighted by Gasteiger charge is -2.23. The summed E-state index contributed by atoms with van der Waals surface area (Å²) in [5.74, 6) is 0. The van der Waals surface area contributed by atoms with Crippen LogP contribution in [0.1, 0.15) is 26.3 Å². The van der Waals surface area contributed by atoms with Crippen LogP contribution < -0.4 is 11.2 Å². The van der Waals surface area contributed by atoms with E-state index in [-0.39, 0.29) is 5.56 Å². The van der Waals surface area contributed by atoms with Gasteiger partial charge < -0.3 is 4.98 Å². The second kappa shape index (κ2) is 3.29. The zero-order valence-electron chi connectivity index (χ0n) is 8.60. The van der Waals surface area contributed by atoms with Crippen LogP contribution in [0, 0.1) is 0 Å². The van der Waals surface area contributed by atoms with E-state index >= 15 is 0 Å². The Morgan fingerprint density at radius 3 is 2.43 bits per heavy atom. The fraction of sp³-hybridized carbons (Fsp3) is 0.400. The number of H-pyrrole nitrogens is 2. The molecule has 76 valence electrons. The van der Waals surface area contributed by atoms with Gasteiger partial charge >= 0.3 is 5.69 Å². The lowest BCUT2D eigenvalue weighted by molar-refractivity contribution is 0.610. The molecule has 0 fully saturated rings. The smallest absolute Gasteiger partial charge is 0.314 e. The first-order valence-electron chi connectivity index (χ1n) is 4.34. The Bertz CT molecular complexity index is 466. The van der Waals surface area contributed by atoms with Crippen LogP contribution in [0.5, 0.6) is 0 Å². The summed E-state index contributed by atoms with van der Waals surface area (Å²) in [5, 5.41) is 0. The molecule has 0 saturated heterocycles. The fourth-order valence-electron chi connectivity index (χ4n) is 1.10. The molecule has 0 aliphatic rings. The van der Waals surface area contributed by atoms with Gasteiger partial charge in [0.25, 0.3) is 5.56 Å². The Hall–Kier alpha value is -1.58. The van der Waals surface area contributed by atoms with Gasteiger partial charge in [-0.05, 0) is 6.92 Å². The molecule has 0 atom stereocenters. The van der Waals surface area contributed by atoms with E-state index in [0.29, 0.717) is 5.56 Å². The van der Waals surface area contributed by atoms with Gasteiger partial charge in [0.05, 0.1) is 0 Å². The Labute approximate surface area is 81.7 Å². The molecule has 0 saturated carbocycles. The minimum atomic E-state index is -0.490. The monoisotopic (exact) mass is 194 g/mol. The van der Waals surface area contributed by atoms with Gasteiger partial charge in [0.15, 0.2) is 0 Å². The summed E-state index contributed by atoms with van der Waals surface area (Å²) < 4.78 is 0. The van der Waals surface area contributed by atoms with E-state index in [9.17, 15) is 9.59 Å². The SMILES string of the molecule is C=C(C)C(C)(C)c1c[nH]c(=O)[nH]c1=O. The van der Waals surface area contributed by atoms with E-state index in [1.54, 1.807) is 0 Å². The van der Waals surface area contributed by atoms with Crippen molar-refractivity contribution in [3.8, 4) is 0 Å². The van der Waals surface area contributed by atoms with Crippen molar-refractivity contribution in [3.05, 3.63) is 44.8 Å². The molecular weight excluding hydrogens is 180 g/mol. The van der Waals surface area contributed by atoms with E-state index in [2.05, 4.69) is 16.5 Å². The first-order chi connectivity index (χ1) is 6.35. The lowest BCUT2D eigenvalue weighted by atomic mass is 9.80. The lowest BCUT2D eigenvalue weighted by Crippen LogP contribution is -2.33. The van der Waals surface area contributed by atoms with Crippen LogP contribution in [0.3, 0.4) is 0 Å². The topological polar surface area (TPSA) is 65.7 Å². The minimum Gasteiger partial charge on any atom is -0.314 e. The third-order valence-corrected chi connectivity index (χ3v) is 2.56. The van der Waals surface area contributed by atoms with Crippen LogP contribution in [-0.4, -0.2) is 9.97 Å². The molecule has 1 aromatic rings. The molecule has 14 heavy (non-hydrogen) atoms. The Kier molecular flexibility index (Phi) is 2.47. The van der Waals surface area contributed by atoms with Gasteiger partial charge in [0, 0.05) is 17.2 Å². The van der Waals surface area contributed by atoms with E-state index in [1.807, 2.05) is 20.8 Å². The zero-order valence-corrected chi connectivity index (χ0v) is 8.60. The minimum absolute atomic E-state index is 0.359. The number of aromatic nitrogens is 2. The van der Waals surface area contributed by atoms with Crippen molar-refractivity contribution in [1.82, 2.24) is 9.97 Å². The molecule has 1 rings (SSSR count). The van der Waals surface area contributed by atoms with E-state index < -0.39 is 11.1 Å². The molecule has 0 radical (unpaired) electrons. The number of rotatable bonds is 2. The van der Waals surface area contributed by atoms with Crippen molar-refractivity contribution in [2.24, 2.45) is 0 Å². The van der Waals surface area contributed by atoms with Gasteiger partial charge in [0.2, 0.25) is 0 Å². The molecule has 1 aromatic heterocycles. The normalized spacial score (nSPS) is 11.4. The van der Waals surface area contributed by atoms with Crippen molar-refractivity contribution in [3.63, 3.8) is 0 Å². The Morgan fingerprint density at radius 1 is 1.43 bits per heavy atom. The van der Waals surface area contributed by atoms with Crippen LogP contribution in [-0.2, 0) is 5.41 Å². The Balaban J connectivity index is 3.41. The summed E-state index contributed by atoms with van der Waals surface area (Å²) in [6, 6.07) is 0. The highest BCUT2D eigenvalue weighted by Gasteiger charge is 2.24. The zero-order chi connectivity index (χ0) is 10.9. The van der Waals surface area contributed by atoms with Crippen LogP contribution in [0.4, 0.5) is 0 Å². The highest BCUT2D eigenvalue weighted by Crippen LogP contribution is 2.26. The Morgan fingerprint density at radius 2 is 2.00 bits per heavy atom. The molecule has 0 amide bonds. The van der Waals surface area contributed by atoms with Crippen molar-refractivity contribution < 1.29 is 0 Å². The maximum absolute atomic E-state index is 11.5. The van der Waals surface area contributed by atoms with Gasteiger partial charge in [-0.3, -0.25) is 9.78 Å². The van der Waals surface area contributed by atoms with Crippen molar-refractivity contribution >= 4 is 0 Å². The van der Waals surface area contributed by atoms with Gasteiger partial charge in [0.1, 0.15) is 0 Å². The molecule has 4 heteroatoms. The van der Waals surface area contributed by atoms with Gasteiger partial charge in [-0.15, -0.1) is 0 Å². The second-order valence-electron chi connectivity index (χ2n) is 3.89. The average molecular weight is 194 g/mol. The quantitative estimate of drug-likeness (QED) is 0.687. The van der Waals surface area contributed by atoms with E-state index in [1.165, 1.54) is 6.20 Å². The van der Waals surface area contributed by atoms with Crippen molar-refractivity contribution in [1.29, 1.82) is 0 Å². The third kappa shape index (κ3) is 1.69. The highest BCUT2D eigenvalue weighted by molar-refractivity contribution is 5.27. The van der Waals surface area contributed by atoms with Crippen LogP contribution in [0.2, 0.25) is 0 Å². The molecule has 4 nitrogen and oxygen atoms in total. The predicted molar refractivity (Wildman–Crippen MR) is 55.5 cm³/mol. The van der Waals surface area contributed by atoms with E-state index in [0.717, 1.165) is 5.57 Å². The largest absolute Gasteiger partial charge is 0.325 e. The van der Waals surface area contributed by atoms with E-state index in [4.69, 9.17) is 0 Å². The van der Waals surface area contributed by atoms with Crippen LogP contribution >= 0.6 is 0 Å². The molecule has 0 spiro atoms. The summed E-state index contributed by atoms with van der Waals surface area (Å²) in [4.78, 5) is 26.9. The molecule has 2 N–H and O–H groups in total. The number of allylic oxidation sites excluding steroid dienone is 1. The van der Waals surface area contributed by atoms with Crippen molar-refractivity contribution in [2.45, 2.75) is 26.2 Å². The molecule has 0 aliphatic carbocycles. The summed E-state index contributed by atoms with van der Waals surface area (Å²) in [6.45, 7) is 9.45. The van der Waals surface area contributed by atoms with Crippen LogP contribution in [0.15, 0.2) is 27.9 Å². The molecular formula is C10H14N2O2. The molecule has 0 aliphatic heterocycles. The molecule has 1 heterocycles. The summed E-state index contributed by atoms with van der Waals surface area (Å²) in [7, 11) is 0. The maximum Gasteiger partial charge on any atom is 0.325 e. The van der Waals surface area contributed by atoms with Crippen LogP contribution in [0.25, 0.3) is 0 Å². The second-order valence-corrected chi connectivity index (χ2v) is 3.89. The highest BCUT2D eigenvalue weighted by atomic mass is 16.2. The predicted octanol–water partition coefficient (Wildman–Crippen LogP) is 0.917. The summed E-state index contributed by atoms with van der Waals surface area (Å²) in [6.07, 6.45) is 1.44. The number of nitrogens with one attached hydrogen (secondary N) is 2. The first-order valence-corrected chi connectivity index (χ1v) is 4.34. The summed E-state index contributed by atoms with van der Waals surface area (Å²) >= 11 is 0. The van der Waals surface area contributed by atoms with Gasteiger partial charge in [-0.1, -0.05) is 26.0 Å². The first kappa shape index (κ1) is 10.5. The van der Waals surface area contributed by atoms with Gasteiger partial charge in [-0.25, -0.2) is 4.79 Å². The average Bonchev–Trinajstić information content (AvgIpc) is 2.02.